The van der Waals surface area contributed by atoms with E-state index < -0.39 is 26.0 Å². The van der Waals surface area contributed by atoms with Crippen molar-refractivity contribution in [3.8, 4) is 5.75 Å². The molecule has 1 aliphatic rings. The summed E-state index contributed by atoms with van der Waals surface area (Å²) >= 11 is 0. The fraction of sp³-hybridized carbons (Fsp3) is 0.296. The van der Waals surface area contributed by atoms with E-state index >= 15 is 0 Å². The van der Waals surface area contributed by atoms with E-state index in [4.69, 9.17) is 4.74 Å². The Morgan fingerprint density at radius 2 is 1.46 bits per heavy atom. The van der Waals surface area contributed by atoms with Gasteiger partial charge in [-0.15, -0.1) is 0 Å². The van der Waals surface area contributed by atoms with Gasteiger partial charge in [-0.1, -0.05) is 29.8 Å². The van der Waals surface area contributed by atoms with Crippen LogP contribution in [0.1, 0.15) is 12.0 Å². The maximum absolute atomic E-state index is 13.2. The van der Waals surface area contributed by atoms with E-state index in [2.05, 4.69) is 14.9 Å². The van der Waals surface area contributed by atoms with E-state index in [0.29, 0.717) is 31.9 Å². The summed E-state index contributed by atoms with van der Waals surface area (Å²) in [5.74, 6) is 0.347. The highest BCUT2D eigenvalue weighted by Gasteiger charge is 2.29. The van der Waals surface area contributed by atoms with Gasteiger partial charge < -0.3 is 15.0 Å². The van der Waals surface area contributed by atoms with Crippen LogP contribution in [0.3, 0.4) is 0 Å². The fourth-order valence-corrected chi connectivity index (χ4v) is 6.70. The molecule has 0 radical (unpaired) electrons. The Morgan fingerprint density at radius 1 is 0.846 bits per heavy atom. The van der Waals surface area contributed by atoms with E-state index in [1.807, 2.05) is 31.2 Å². The van der Waals surface area contributed by atoms with Crippen LogP contribution >= 0.6 is 0 Å². The van der Waals surface area contributed by atoms with Gasteiger partial charge in [0, 0.05) is 44.8 Å². The van der Waals surface area contributed by atoms with Crippen LogP contribution in [0, 0.1) is 6.92 Å². The predicted molar refractivity (Wildman–Crippen MR) is 150 cm³/mol. The van der Waals surface area contributed by atoms with E-state index in [1.54, 1.807) is 19.2 Å². The fourth-order valence-electron chi connectivity index (χ4n) is 4.24. The number of anilines is 2. The van der Waals surface area contributed by atoms with Gasteiger partial charge >= 0.3 is 0 Å². The molecular weight excluding hydrogens is 540 g/mol. The zero-order chi connectivity index (χ0) is 28.0. The number of nitrogens with one attached hydrogen (secondary N) is 2. The third-order valence-electron chi connectivity index (χ3n) is 6.42. The molecule has 10 nitrogen and oxygen atoms in total. The summed E-state index contributed by atoms with van der Waals surface area (Å²) in [6, 6.07) is 20.0. The second-order valence-corrected chi connectivity index (χ2v) is 12.8. The molecule has 208 valence electrons. The highest BCUT2D eigenvalue weighted by molar-refractivity contribution is 7.89. The number of methoxy groups -OCH3 is 1. The Morgan fingerprint density at radius 3 is 2.10 bits per heavy atom. The molecule has 2 N–H and O–H groups in total. The van der Waals surface area contributed by atoms with Gasteiger partial charge in [0.25, 0.3) is 0 Å². The zero-order valence-corrected chi connectivity index (χ0v) is 23.5. The Hall–Kier alpha value is -3.45. The van der Waals surface area contributed by atoms with Gasteiger partial charge in [0.05, 0.1) is 22.6 Å². The van der Waals surface area contributed by atoms with Crippen LogP contribution in [0.15, 0.2) is 82.6 Å². The van der Waals surface area contributed by atoms with Gasteiger partial charge in [-0.25, -0.2) is 21.6 Å². The molecule has 0 aromatic heterocycles. The van der Waals surface area contributed by atoms with Gasteiger partial charge in [-0.2, -0.15) is 4.31 Å². The van der Waals surface area contributed by atoms with Crippen molar-refractivity contribution >= 4 is 37.3 Å². The first kappa shape index (κ1) is 28.6. The number of ether oxygens (including phenoxy) is 1. The molecule has 39 heavy (non-hydrogen) atoms. The molecule has 3 aromatic carbocycles. The molecular formula is C27H32N4O6S2. The Bertz CT molecular complexity index is 1500. The Balaban J connectivity index is 1.29. The van der Waals surface area contributed by atoms with E-state index in [-0.39, 0.29) is 22.8 Å². The largest absolute Gasteiger partial charge is 0.495 e. The minimum absolute atomic E-state index is 0.0741. The lowest BCUT2D eigenvalue weighted by molar-refractivity contribution is -0.116. The number of aryl methyl sites for hydroxylation is 1. The molecule has 1 amide bonds. The SMILES string of the molecule is COc1ccccc1N1CCN(S(=O)(=O)c2ccc(NC(=O)CCNS(=O)(=O)c3ccc(C)cc3)cc2)CC1. The van der Waals surface area contributed by atoms with E-state index in [9.17, 15) is 21.6 Å². The van der Waals surface area contributed by atoms with Crippen molar-refractivity contribution in [1.82, 2.24) is 9.03 Å². The molecule has 0 saturated carbocycles. The number of carbonyl (C=O) groups is 1. The zero-order valence-electron chi connectivity index (χ0n) is 21.8. The molecule has 0 spiro atoms. The van der Waals surface area contributed by atoms with Crippen molar-refractivity contribution in [3.63, 3.8) is 0 Å². The van der Waals surface area contributed by atoms with Crippen LogP contribution in [0.4, 0.5) is 11.4 Å². The lowest BCUT2D eigenvalue weighted by atomic mass is 10.2. The summed E-state index contributed by atoms with van der Waals surface area (Å²) in [7, 11) is -5.80. The number of benzene rings is 3. The van der Waals surface area contributed by atoms with E-state index in [0.717, 1.165) is 17.0 Å². The Kier molecular flexibility index (Phi) is 8.90. The first-order valence-electron chi connectivity index (χ1n) is 12.4. The highest BCUT2D eigenvalue weighted by Crippen LogP contribution is 2.29. The second-order valence-electron chi connectivity index (χ2n) is 9.10. The number of sulfonamides is 2. The van der Waals surface area contributed by atoms with Gasteiger partial charge in [0.15, 0.2) is 0 Å². The topological polar surface area (TPSA) is 125 Å². The third-order valence-corrected chi connectivity index (χ3v) is 9.81. The van der Waals surface area contributed by atoms with Crippen LogP contribution in [-0.4, -0.2) is 66.9 Å². The first-order valence-corrected chi connectivity index (χ1v) is 15.4. The minimum Gasteiger partial charge on any atom is -0.495 e. The molecule has 0 atom stereocenters. The summed E-state index contributed by atoms with van der Waals surface area (Å²) in [4.78, 5) is 14.7. The average Bonchev–Trinajstić information content (AvgIpc) is 2.93. The maximum atomic E-state index is 13.2. The van der Waals surface area contributed by atoms with Crippen LogP contribution in [0.25, 0.3) is 0 Å². The van der Waals surface area contributed by atoms with Crippen molar-refractivity contribution in [3.05, 3.63) is 78.4 Å². The average molecular weight is 573 g/mol. The van der Waals surface area contributed by atoms with Crippen molar-refractivity contribution in [2.24, 2.45) is 0 Å². The van der Waals surface area contributed by atoms with Gasteiger partial charge in [-0.05, 0) is 55.5 Å². The quantitative estimate of drug-likeness (QED) is 0.383. The number of nitrogens with zero attached hydrogens (tertiary/aromatic N) is 2. The lowest BCUT2D eigenvalue weighted by Crippen LogP contribution is -2.48. The number of hydrogen-bond acceptors (Lipinski definition) is 7. The Labute approximate surface area is 229 Å². The molecule has 1 saturated heterocycles. The highest BCUT2D eigenvalue weighted by atomic mass is 32.2. The van der Waals surface area contributed by atoms with Crippen LogP contribution < -0.4 is 19.7 Å². The van der Waals surface area contributed by atoms with Crippen molar-refractivity contribution in [2.45, 2.75) is 23.1 Å². The molecule has 1 heterocycles. The monoisotopic (exact) mass is 572 g/mol. The number of piperazine rings is 1. The van der Waals surface area contributed by atoms with Gasteiger partial charge in [0.1, 0.15) is 5.75 Å². The second kappa shape index (κ2) is 12.2. The molecule has 1 aliphatic heterocycles. The number of para-hydroxylation sites is 2. The number of hydrogen-bond donors (Lipinski definition) is 2. The summed E-state index contributed by atoms with van der Waals surface area (Å²) < 4.78 is 60.4. The smallest absolute Gasteiger partial charge is 0.243 e. The predicted octanol–water partition coefficient (Wildman–Crippen LogP) is 2.82. The molecule has 4 rings (SSSR count). The molecule has 3 aromatic rings. The lowest BCUT2D eigenvalue weighted by Gasteiger charge is -2.35. The summed E-state index contributed by atoms with van der Waals surface area (Å²) in [5.41, 5.74) is 2.29. The van der Waals surface area contributed by atoms with Crippen LogP contribution in [0.2, 0.25) is 0 Å². The van der Waals surface area contributed by atoms with Crippen LogP contribution in [0.5, 0.6) is 5.75 Å². The number of carbonyl (C=O) groups excluding carboxylic acids is 1. The number of rotatable bonds is 10. The first-order chi connectivity index (χ1) is 18.6. The standard InChI is InChI=1S/C27H32N4O6S2/c1-21-7-11-23(12-8-21)38(33,34)28-16-15-27(32)29-22-9-13-24(14-10-22)39(35,36)31-19-17-30(18-20-31)25-5-3-4-6-26(25)37-2/h3-14,28H,15-20H2,1-2H3,(H,29,32). The molecule has 0 aliphatic carbocycles. The molecule has 1 fully saturated rings. The van der Waals surface area contributed by atoms with Gasteiger partial charge in [0.2, 0.25) is 26.0 Å². The molecule has 0 unspecified atom stereocenters. The number of amides is 1. The van der Waals surface area contributed by atoms with Gasteiger partial charge in [-0.3, -0.25) is 4.79 Å². The van der Waals surface area contributed by atoms with Crippen molar-refractivity contribution < 1.29 is 26.4 Å². The molecule has 0 bridgehead atoms. The molecule has 12 heteroatoms. The third kappa shape index (κ3) is 6.95. The normalized spacial score (nSPS) is 14.7. The maximum Gasteiger partial charge on any atom is 0.243 e. The van der Waals surface area contributed by atoms with E-state index in [1.165, 1.54) is 40.7 Å². The van der Waals surface area contributed by atoms with Crippen molar-refractivity contribution in [2.75, 3.05) is 50.1 Å². The summed E-state index contributed by atoms with van der Waals surface area (Å²) in [5, 5.41) is 2.67. The summed E-state index contributed by atoms with van der Waals surface area (Å²) in [6.07, 6.45) is -0.0817. The summed E-state index contributed by atoms with van der Waals surface area (Å²) in [6.45, 7) is 3.51. The minimum atomic E-state index is -3.71. The van der Waals surface area contributed by atoms with Crippen LogP contribution in [-0.2, 0) is 24.8 Å². The van der Waals surface area contributed by atoms with Crippen molar-refractivity contribution in [1.29, 1.82) is 0 Å².